The van der Waals surface area contributed by atoms with Crippen molar-refractivity contribution >= 4 is 17.2 Å². The summed E-state index contributed by atoms with van der Waals surface area (Å²) in [6.07, 6.45) is 2.55. The summed E-state index contributed by atoms with van der Waals surface area (Å²) in [5.74, 6) is -0.326. The maximum Gasteiger partial charge on any atom is 0.129 e. The molecule has 1 aliphatic rings. The van der Waals surface area contributed by atoms with E-state index in [1.807, 2.05) is 6.07 Å². The van der Waals surface area contributed by atoms with Crippen molar-refractivity contribution in [2.75, 3.05) is 17.2 Å². The van der Waals surface area contributed by atoms with Crippen molar-refractivity contribution in [3.8, 4) is 0 Å². The molecule has 0 amide bonds. The molecule has 3 rings (SSSR count). The van der Waals surface area contributed by atoms with Crippen LogP contribution in [0.25, 0.3) is 0 Å². The van der Waals surface area contributed by atoms with Gasteiger partial charge in [0.15, 0.2) is 0 Å². The smallest absolute Gasteiger partial charge is 0.129 e. The zero-order chi connectivity index (χ0) is 12.5. The molecule has 92 valence electrons. The van der Waals surface area contributed by atoms with Crippen molar-refractivity contribution in [2.24, 2.45) is 0 Å². The number of halogens is 2. The Bertz CT molecular complexity index is 579. The lowest BCUT2D eigenvalue weighted by Gasteiger charge is -2.08. The summed E-state index contributed by atoms with van der Waals surface area (Å²) in [6.45, 7) is 0.875. The summed E-state index contributed by atoms with van der Waals surface area (Å²) in [6, 6.07) is 5.27. The fourth-order valence-corrected chi connectivity index (χ4v) is 2.04. The van der Waals surface area contributed by atoms with E-state index in [9.17, 15) is 8.78 Å². The van der Waals surface area contributed by atoms with Crippen LogP contribution in [0.3, 0.4) is 0 Å². The number of hydrogen-bond acceptors (Lipinski definition) is 3. The highest BCUT2D eigenvalue weighted by Gasteiger charge is 2.11. The Morgan fingerprint density at radius 1 is 1.06 bits per heavy atom. The minimum Gasteiger partial charge on any atom is -0.370 e. The molecule has 5 heteroatoms. The van der Waals surface area contributed by atoms with E-state index in [0.29, 0.717) is 5.69 Å². The van der Waals surface area contributed by atoms with Crippen LogP contribution in [-0.2, 0) is 6.42 Å². The predicted molar refractivity (Wildman–Crippen MR) is 66.1 cm³/mol. The molecule has 1 aromatic heterocycles. The van der Waals surface area contributed by atoms with Gasteiger partial charge in [-0.05, 0) is 30.2 Å². The van der Waals surface area contributed by atoms with Crippen molar-refractivity contribution in [1.82, 2.24) is 4.98 Å². The van der Waals surface area contributed by atoms with Crippen LogP contribution in [0.5, 0.6) is 0 Å². The highest BCUT2D eigenvalue weighted by Crippen LogP contribution is 2.25. The lowest BCUT2D eigenvalue weighted by molar-refractivity contribution is 0.584. The van der Waals surface area contributed by atoms with Gasteiger partial charge in [0, 0.05) is 18.3 Å². The van der Waals surface area contributed by atoms with Gasteiger partial charge in [0.2, 0.25) is 0 Å². The number of nitrogens with one attached hydrogen (secondary N) is 2. The Labute approximate surface area is 103 Å². The van der Waals surface area contributed by atoms with E-state index >= 15 is 0 Å². The fraction of sp³-hybridized carbons (Fsp3) is 0.154. The van der Waals surface area contributed by atoms with E-state index in [1.165, 1.54) is 12.1 Å². The number of pyridine rings is 1. The van der Waals surface area contributed by atoms with Crippen LogP contribution in [0.4, 0.5) is 26.0 Å². The van der Waals surface area contributed by atoms with Gasteiger partial charge in [0.1, 0.15) is 17.5 Å². The van der Waals surface area contributed by atoms with Gasteiger partial charge in [0.25, 0.3) is 0 Å². The van der Waals surface area contributed by atoms with Crippen LogP contribution >= 0.6 is 0 Å². The number of fused-ring (bicyclic) bond motifs is 1. The topological polar surface area (TPSA) is 37.0 Å². The van der Waals surface area contributed by atoms with E-state index in [1.54, 1.807) is 6.20 Å². The Balaban J connectivity index is 1.88. The Morgan fingerprint density at radius 3 is 2.61 bits per heavy atom. The maximum atomic E-state index is 13.0. The number of hydrogen-bond donors (Lipinski definition) is 2. The largest absolute Gasteiger partial charge is 0.370 e. The van der Waals surface area contributed by atoms with Crippen molar-refractivity contribution in [3.05, 3.63) is 47.7 Å². The third-order valence-corrected chi connectivity index (χ3v) is 2.80. The monoisotopic (exact) mass is 247 g/mol. The third kappa shape index (κ3) is 2.11. The van der Waals surface area contributed by atoms with E-state index in [2.05, 4.69) is 15.6 Å². The molecular formula is C13H11F2N3. The first-order chi connectivity index (χ1) is 8.70. The van der Waals surface area contributed by atoms with Crippen molar-refractivity contribution in [1.29, 1.82) is 0 Å². The summed E-state index contributed by atoms with van der Waals surface area (Å²) in [5.41, 5.74) is 2.21. The quantitative estimate of drug-likeness (QED) is 0.856. The van der Waals surface area contributed by atoms with Gasteiger partial charge in [-0.15, -0.1) is 0 Å². The van der Waals surface area contributed by atoms with Crippen LogP contribution in [0.2, 0.25) is 0 Å². The standard InChI is InChI=1S/C13H11F2N3/c14-9-4-10(15)6-11(5-9)18-12-3-8-1-2-16-13(8)17-7-12/h3-7,18H,1-2H2,(H,16,17). The van der Waals surface area contributed by atoms with Crippen molar-refractivity contribution < 1.29 is 8.78 Å². The minimum absolute atomic E-state index is 0.375. The molecule has 0 atom stereocenters. The molecule has 0 fully saturated rings. The first kappa shape index (κ1) is 11.0. The lowest BCUT2D eigenvalue weighted by atomic mass is 10.2. The number of aromatic nitrogens is 1. The Kier molecular flexibility index (Phi) is 2.59. The molecule has 0 unspecified atom stereocenters. The molecule has 2 N–H and O–H groups in total. The zero-order valence-corrected chi connectivity index (χ0v) is 9.50. The van der Waals surface area contributed by atoms with Gasteiger partial charge in [-0.3, -0.25) is 0 Å². The van der Waals surface area contributed by atoms with Crippen molar-refractivity contribution in [2.45, 2.75) is 6.42 Å². The van der Waals surface area contributed by atoms with Gasteiger partial charge >= 0.3 is 0 Å². The summed E-state index contributed by atoms with van der Waals surface area (Å²) < 4.78 is 26.1. The first-order valence-corrected chi connectivity index (χ1v) is 5.66. The predicted octanol–water partition coefficient (Wildman–Crippen LogP) is 3.07. The average molecular weight is 247 g/mol. The van der Waals surface area contributed by atoms with Gasteiger partial charge in [-0.2, -0.15) is 0 Å². The zero-order valence-electron chi connectivity index (χ0n) is 9.50. The molecule has 2 aromatic rings. The summed E-state index contributed by atoms with van der Waals surface area (Å²) in [5, 5.41) is 6.10. The molecule has 1 aromatic carbocycles. The molecule has 1 aliphatic heterocycles. The second-order valence-electron chi connectivity index (χ2n) is 4.19. The summed E-state index contributed by atoms with van der Waals surface area (Å²) >= 11 is 0. The molecule has 2 heterocycles. The van der Waals surface area contributed by atoms with Crippen LogP contribution in [-0.4, -0.2) is 11.5 Å². The average Bonchev–Trinajstić information content (AvgIpc) is 2.74. The molecule has 0 saturated carbocycles. The second kappa shape index (κ2) is 4.25. The highest BCUT2D eigenvalue weighted by molar-refractivity contribution is 5.63. The number of rotatable bonds is 2. The molecule has 0 radical (unpaired) electrons. The van der Waals surface area contributed by atoms with Gasteiger partial charge in [-0.1, -0.05) is 0 Å². The van der Waals surface area contributed by atoms with E-state index in [0.717, 1.165) is 36.1 Å². The van der Waals surface area contributed by atoms with Gasteiger partial charge in [-0.25, -0.2) is 13.8 Å². The van der Waals surface area contributed by atoms with E-state index in [-0.39, 0.29) is 0 Å². The molecule has 18 heavy (non-hydrogen) atoms. The molecule has 0 aliphatic carbocycles. The minimum atomic E-state index is -0.603. The van der Waals surface area contributed by atoms with Crippen LogP contribution in [0.15, 0.2) is 30.5 Å². The molecule has 0 saturated heterocycles. The van der Waals surface area contributed by atoms with Gasteiger partial charge < -0.3 is 10.6 Å². The number of benzene rings is 1. The van der Waals surface area contributed by atoms with Crippen LogP contribution in [0.1, 0.15) is 5.56 Å². The van der Waals surface area contributed by atoms with Gasteiger partial charge in [0.05, 0.1) is 11.9 Å². The Morgan fingerprint density at radius 2 is 1.83 bits per heavy atom. The SMILES string of the molecule is Fc1cc(F)cc(Nc2cnc3c(c2)CCN3)c1. The molecule has 0 bridgehead atoms. The highest BCUT2D eigenvalue weighted by atomic mass is 19.1. The molecular weight excluding hydrogens is 236 g/mol. The van der Waals surface area contributed by atoms with Crippen LogP contribution < -0.4 is 10.6 Å². The second-order valence-corrected chi connectivity index (χ2v) is 4.19. The summed E-state index contributed by atoms with van der Waals surface area (Å²) in [4.78, 5) is 4.24. The molecule has 0 spiro atoms. The van der Waals surface area contributed by atoms with E-state index in [4.69, 9.17) is 0 Å². The first-order valence-electron chi connectivity index (χ1n) is 5.66. The lowest BCUT2D eigenvalue weighted by Crippen LogP contribution is -1.95. The number of anilines is 3. The molecule has 3 nitrogen and oxygen atoms in total. The third-order valence-electron chi connectivity index (χ3n) is 2.80. The number of nitrogens with zero attached hydrogens (tertiary/aromatic N) is 1. The maximum absolute atomic E-state index is 13.0. The van der Waals surface area contributed by atoms with Crippen molar-refractivity contribution in [3.63, 3.8) is 0 Å². The Hall–Kier alpha value is -2.17. The van der Waals surface area contributed by atoms with Crippen LogP contribution in [0, 0.1) is 11.6 Å². The normalized spacial score (nSPS) is 13.0. The van der Waals surface area contributed by atoms with E-state index < -0.39 is 11.6 Å². The summed E-state index contributed by atoms with van der Waals surface area (Å²) in [7, 11) is 0. The fourth-order valence-electron chi connectivity index (χ4n) is 2.04.